The molecule has 3 unspecified atom stereocenters. The van der Waals surface area contributed by atoms with E-state index in [1.54, 1.807) is 0 Å². The fourth-order valence-corrected chi connectivity index (χ4v) is 2.77. The van der Waals surface area contributed by atoms with Crippen LogP contribution in [0.5, 0.6) is 0 Å². The molecule has 82 valence electrons. The number of halogens is 2. The first kappa shape index (κ1) is 10.3. The van der Waals surface area contributed by atoms with Gasteiger partial charge in [-0.3, -0.25) is 0 Å². The molecule has 3 atom stereocenters. The standard InChI is InChI=1S/C11H19F2N/c1-7(2)8-5-9-3-4-11(12,13)10(6-8)14-9/h7-10,14H,3-6H2,1-2H3. The van der Waals surface area contributed by atoms with Crippen molar-refractivity contribution < 1.29 is 8.78 Å². The molecule has 2 rings (SSSR count). The van der Waals surface area contributed by atoms with E-state index in [1.807, 2.05) is 0 Å². The quantitative estimate of drug-likeness (QED) is 0.691. The Morgan fingerprint density at radius 1 is 1.29 bits per heavy atom. The zero-order valence-corrected chi connectivity index (χ0v) is 8.89. The first-order valence-electron chi connectivity index (χ1n) is 5.63. The normalized spacial score (nSPS) is 41.4. The second-order valence-electron chi connectivity index (χ2n) is 5.19. The van der Waals surface area contributed by atoms with Crippen molar-refractivity contribution in [3.05, 3.63) is 0 Å². The van der Waals surface area contributed by atoms with Crippen LogP contribution in [0.2, 0.25) is 0 Å². The van der Waals surface area contributed by atoms with Gasteiger partial charge in [-0.05, 0) is 31.1 Å². The third-order valence-electron chi connectivity index (χ3n) is 3.84. The predicted octanol–water partition coefficient (Wildman–Crippen LogP) is 2.81. The van der Waals surface area contributed by atoms with Crippen molar-refractivity contribution in [1.82, 2.24) is 5.32 Å². The maximum Gasteiger partial charge on any atom is 0.263 e. The molecule has 1 nitrogen and oxygen atoms in total. The van der Waals surface area contributed by atoms with Crippen LogP contribution >= 0.6 is 0 Å². The van der Waals surface area contributed by atoms with Gasteiger partial charge in [0, 0.05) is 12.5 Å². The first-order valence-corrected chi connectivity index (χ1v) is 5.63. The summed E-state index contributed by atoms with van der Waals surface area (Å²) in [6.07, 6.45) is 2.47. The van der Waals surface area contributed by atoms with Crippen LogP contribution in [0, 0.1) is 11.8 Å². The Balaban J connectivity index is 2.07. The van der Waals surface area contributed by atoms with E-state index in [-0.39, 0.29) is 6.42 Å². The highest BCUT2D eigenvalue weighted by Gasteiger charge is 2.48. The smallest absolute Gasteiger partial charge is 0.263 e. The summed E-state index contributed by atoms with van der Waals surface area (Å²) in [5, 5.41) is 3.08. The summed E-state index contributed by atoms with van der Waals surface area (Å²) in [7, 11) is 0. The number of nitrogens with one attached hydrogen (secondary N) is 1. The van der Waals surface area contributed by atoms with E-state index in [1.165, 1.54) is 0 Å². The first-order chi connectivity index (χ1) is 6.49. The Hall–Kier alpha value is -0.180. The van der Waals surface area contributed by atoms with Crippen LogP contribution in [-0.4, -0.2) is 18.0 Å². The molecule has 0 amide bonds. The molecule has 0 aromatic rings. The molecule has 2 aliphatic heterocycles. The minimum absolute atomic E-state index is 0.0835. The lowest BCUT2D eigenvalue weighted by Gasteiger charge is -2.45. The summed E-state index contributed by atoms with van der Waals surface area (Å²) in [6.45, 7) is 4.29. The molecule has 2 saturated heterocycles. The summed E-state index contributed by atoms with van der Waals surface area (Å²) >= 11 is 0. The number of hydrogen-bond acceptors (Lipinski definition) is 1. The molecular weight excluding hydrogens is 184 g/mol. The minimum Gasteiger partial charge on any atom is -0.306 e. The minimum atomic E-state index is -2.47. The maximum absolute atomic E-state index is 13.5. The molecule has 2 aliphatic rings. The highest BCUT2D eigenvalue weighted by molar-refractivity contribution is 4.98. The topological polar surface area (TPSA) is 12.0 Å². The lowest BCUT2D eigenvalue weighted by molar-refractivity contribution is -0.0940. The van der Waals surface area contributed by atoms with Crippen molar-refractivity contribution in [2.75, 3.05) is 0 Å². The van der Waals surface area contributed by atoms with E-state index >= 15 is 0 Å². The van der Waals surface area contributed by atoms with Gasteiger partial charge in [0.25, 0.3) is 5.92 Å². The molecule has 0 aliphatic carbocycles. The Bertz CT molecular complexity index is 213. The van der Waals surface area contributed by atoms with E-state index in [0.717, 1.165) is 6.42 Å². The zero-order valence-electron chi connectivity index (χ0n) is 8.89. The SMILES string of the molecule is CC(C)C1CC2CCC(F)(F)C(C1)N2. The highest BCUT2D eigenvalue weighted by Crippen LogP contribution is 2.40. The summed E-state index contributed by atoms with van der Waals surface area (Å²) in [4.78, 5) is 0. The van der Waals surface area contributed by atoms with Gasteiger partial charge in [-0.1, -0.05) is 13.8 Å². The molecule has 0 saturated carbocycles. The molecule has 3 heteroatoms. The summed E-state index contributed by atoms with van der Waals surface area (Å²) < 4.78 is 26.9. The van der Waals surface area contributed by atoms with Crippen LogP contribution in [0.15, 0.2) is 0 Å². The molecule has 0 radical (unpaired) electrons. The van der Waals surface area contributed by atoms with Crippen molar-refractivity contribution in [2.45, 2.75) is 57.5 Å². The number of rotatable bonds is 1. The lowest BCUT2D eigenvalue weighted by atomic mass is 9.74. The lowest BCUT2D eigenvalue weighted by Crippen LogP contribution is -2.58. The van der Waals surface area contributed by atoms with Gasteiger partial charge in [0.15, 0.2) is 0 Å². The number of alkyl halides is 2. The third-order valence-corrected chi connectivity index (χ3v) is 3.84. The van der Waals surface area contributed by atoms with Crippen molar-refractivity contribution in [2.24, 2.45) is 11.8 Å². The van der Waals surface area contributed by atoms with Gasteiger partial charge in [0.1, 0.15) is 0 Å². The summed E-state index contributed by atoms with van der Waals surface area (Å²) in [5.41, 5.74) is 0. The predicted molar refractivity (Wildman–Crippen MR) is 52.5 cm³/mol. The van der Waals surface area contributed by atoms with E-state index < -0.39 is 12.0 Å². The van der Waals surface area contributed by atoms with Crippen molar-refractivity contribution >= 4 is 0 Å². The van der Waals surface area contributed by atoms with Crippen LogP contribution in [0.3, 0.4) is 0 Å². The molecule has 0 aromatic carbocycles. The van der Waals surface area contributed by atoms with E-state index in [9.17, 15) is 8.78 Å². The summed E-state index contributed by atoms with van der Waals surface area (Å²) in [6, 6.07) is -0.205. The Kier molecular flexibility index (Phi) is 2.54. The molecule has 0 spiro atoms. The van der Waals surface area contributed by atoms with E-state index in [4.69, 9.17) is 0 Å². The Morgan fingerprint density at radius 2 is 2.00 bits per heavy atom. The van der Waals surface area contributed by atoms with Gasteiger partial charge < -0.3 is 5.32 Å². The van der Waals surface area contributed by atoms with Crippen LogP contribution < -0.4 is 5.32 Å². The second kappa shape index (κ2) is 3.44. The average molecular weight is 203 g/mol. The van der Waals surface area contributed by atoms with Crippen LogP contribution in [0.4, 0.5) is 8.78 Å². The van der Waals surface area contributed by atoms with Crippen LogP contribution in [-0.2, 0) is 0 Å². The molecule has 2 bridgehead atoms. The maximum atomic E-state index is 13.5. The average Bonchev–Trinajstić information content (AvgIpc) is 2.12. The number of hydrogen-bond donors (Lipinski definition) is 1. The molecule has 14 heavy (non-hydrogen) atoms. The zero-order chi connectivity index (χ0) is 10.3. The van der Waals surface area contributed by atoms with Gasteiger partial charge in [0.05, 0.1) is 6.04 Å². The van der Waals surface area contributed by atoms with Crippen LogP contribution in [0.1, 0.15) is 39.5 Å². The van der Waals surface area contributed by atoms with Gasteiger partial charge in [-0.15, -0.1) is 0 Å². The molecular formula is C11H19F2N. The molecule has 2 fully saturated rings. The Labute approximate surface area is 84.3 Å². The van der Waals surface area contributed by atoms with Gasteiger partial charge >= 0.3 is 0 Å². The Morgan fingerprint density at radius 3 is 2.64 bits per heavy atom. The van der Waals surface area contributed by atoms with Crippen molar-refractivity contribution in [1.29, 1.82) is 0 Å². The van der Waals surface area contributed by atoms with E-state index in [0.29, 0.717) is 30.7 Å². The highest BCUT2D eigenvalue weighted by atomic mass is 19.3. The van der Waals surface area contributed by atoms with Crippen LogP contribution in [0.25, 0.3) is 0 Å². The summed E-state index contributed by atoms with van der Waals surface area (Å²) in [5.74, 6) is -1.45. The van der Waals surface area contributed by atoms with E-state index in [2.05, 4.69) is 19.2 Å². The fraction of sp³-hybridized carbons (Fsp3) is 1.00. The third kappa shape index (κ3) is 1.79. The molecule has 2 heterocycles. The number of fused-ring (bicyclic) bond motifs is 2. The van der Waals surface area contributed by atoms with Crippen molar-refractivity contribution in [3.8, 4) is 0 Å². The van der Waals surface area contributed by atoms with Gasteiger partial charge in [0.2, 0.25) is 0 Å². The fourth-order valence-electron chi connectivity index (χ4n) is 2.77. The van der Waals surface area contributed by atoms with Gasteiger partial charge in [-0.25, -0.2) is 8.78 Å². The largest absolute Gasteiger partial charge is 0.306 e. The molecule has 1 N–H and O–H groups in total. The molecule has 0 aromatic heterocycles. The van der Waals surface area contributed by atoms with Crippen molar-refractivity contribution in [3.63, 3.8) is 0 Å². The monoisotopic (exact) mass is 203 g/mol. The second-order valence-corrected chi connectivity index (χ2v) is 5.19. The number of piperidine rings is 2. The van der Waals surface area contributed by atoms with Gasteiger partial charge in [-0.2, -0.15) is 0 Å².